The molecule has 1 N–H and O–H groups in total. The lowest BCUT2D eigenvalue weighted by Gasteiger charge is -2.11. The average Bonchev–Trinajstić information content (AvgIpc) is 2.43. The van der Waals surface area contributed by atoms with Crippen LogP contribution in [0.1, 0.15) is 24.6 Å². The van der Waals surface area contributed by atoms with Crippen LogP contribution in [0.25, 0.3) is 0 Å². The second kappa shape index (κ2) is 7.64. The van der Waals surface area contributed by atoms with Crippen molar-refractivity contribution in [2.45, 2.75) is 26.3 Å². The van der Waals surface area contributed by atoms with Gasteiger partial charge in [0.15, 0.2) is 0 Å². The predicted octanol–water partition coefficient (Wildman–Crippen LogP) is 4.85. The van der Waals surface area contributed by atoms with E-state index in [0.29, 0.717) is 21.7 Å². The van der Waals surface area contributed by atoms with Gasteiger partial charge >= 0.3 is 0 Å². The van der Waals surface area contributed by atoms with E-state index in [1.165, 1.54) is 0 Å². The molecule has 0 aliphatic carbocycles. The first-order chi connectivity index (χ1) is 10.1. The number of aryl methyl sites for hydroxylation is 1. The van der Waals surface area contributed by atoms with Crippen LogP contribution < -0.4 is 10.1 Å². The number of hydrogen-bond acceptors (Lipinski definition) is 3. The first-order valence-electron chi connectivity index (χ1n) is 6.89. The van der Waals surface area contributed by atoms with E-state index in [-0.39, 0.29) is 0 Å². The highest BCUT2D eigenvalue weighted by molar-refractivity contribution is 6.34. The molecule has 21 heavy (non-hydrogen) atoms. The van der Waals surface area contributed by atoms with Gasteiger partial charge in [-0.1, -0.05) is 36.5 Å². The van der Waals surface area contributed by atoms with Gasteiger partial charge in [0.1, 0.15) is 5.75 Å². The molecule has 2 rings (SSSR count). The highest BCUT2D eigenvalue weighted by atomic mass is 35.5. The van der Waals surface area contributed by atoms with E-state index in [4.69, 9.17) is 27.9 Å². The SMILES string of the molecule is CCCc1cc(CNC)cc(Oc2cc(Cl)ccc2Cl)n1. The van der Waals surface area contributed by atoms with Crippen molar-refractivity contribution in [1.82, 2.24) is 10.3 Å². The molecule has 0 unspecified atom stereocenters. The first-order valence-corrected chi connectivity index (χ1v) is 7.65. The summed E-state index contributed by atoms with van der Waals surface area (Å²) >= 11 is 12.1. The predicted molar refractivity (Wildman–Crippen MR) is 87.5 cm³/mol. The standard InChI is InChI=1S/C16H18Cl2N2O/c1-3-4-13-7-11(10-19-2)8-16(20-13)21-15-9-12(17)5-6-14(15)18/h5-9,19H,3-4,10H2,1-2H3. The van der Waals surface area contributed by atoms with Crippen molar-refractivity contribution in [2.24, 2.45) is 0 Å². The van der Waals surface area contributed by atoms with E-state index in [9.17, 15) is 0 Å². The molecule has 3 nitrogen and oxygen atoms in total. The molecular formula is C16H18Cl2N2O. The van der Waals surface area contributed by atoms with Crippen molar-refractivity contribution in [1.29, 1.82) is 0 Å². The molecule has 0 spiro atoms. The number of halogens is 2. The minimum atomic E-state index is 0.511. The van der Waals surface area contributed by atoms with E-state index >= 15 is 0 Å². The molecule has 1 aromatic carbocycles. The Kier molecular flexibility index (Phi) is 5.85. The summed E-state index contributed by atoms with van der Waals surface area (Å²) in [6.45, 7) is 2.89. The van der Waals surface area contributed by atoms with Crippen LogP contribution in [0.3, 0.4) is 0 Å². The molecule has 1 heterocycles. The van der Waals surface area contributed by atoms with Gasteiger partial charge in [0.05, 0.1) is 5.02 Å². The van der Waals surface area contributed by atoms with Crippen molar-refractivity contribution in [3.63, 3.8) is 0 Å². The fraction of sp³-hybridized carbons (Fsp3) is 0.312. The van der Waals surface area contributed by atoms with Crippen LogP contribution in [-0.4, -0.2) is 12.0 Å². The Hall–Kier alpha value is -1.29. The smallest absolute Gasteiger partial charge is 0.219 e. The van der Waals surface area contributed by atoms with Gasteiger partial charge in [-0.2, -0.15) is 0 Å². The number of benzene rings is 1. The van der Waals surface area contributed by atoms with E-state index in [1.54, 1.807) is 18.2 Å². The summed E-state index contributed by atoms with van der Waals surface area (Å²) in [5.41, 5.74) is 2.14. The Morgan fingerprint density at radius 3 is 2.71 bits per heavy atom. The van der Waals surface area contributed by atoms with Gasteiger partial charge in [-0.15, -0.1) is 0 Å². The molecule has 5 heteroatoms. The number of ether oxygens (including phenoxy) is 1. The van der Waals surface area contributed by atoms with Crippen LogP contribution in [0.15, 0.2) is 30.3 Å². The largest absolute Gasteiger partial charge is 0.437 e. The molecule has 0 atom stereocenters. The van der Waals surface area contributed by atoms with Gasteiger partial charge in [0, 0.05) is 29.4 Å². The number of pyridine rings is 1. The van der Waals surface area contributed by atoms with Crippen LogP contribution >= 0.6 is 23.2 Å². The molecule has 0 amide bonds. The van der Waals surface area contributed by atoms with Crippen molar-refractivity contribution in [2.75, 3.05) is 7.05 Å². The number of nitrogens with zero attached hydrogens (tertiary/aromatic N) is 1. The molecule has 0 aliphatic rings. The van der Waals surface area contributed by atoms with E-state index in [1.807, 2.05) is 13.1 Å². The maximum atomic E-state index is 6.12. The molecule has 0 bridgehead atoms. The minimum absolute atomic E-state index is 0.511. The number of rotatable bonds is 6. The summed E-state index contributed by atoms with van der Waals surface area (Å²) in [5.74, 6) is 1.05. The highest BCUT2D eigenvalue weighted by Gasteiger charge is 2.08. The third kappa shape index (κ3) is 4.60. The number of hydrogen-bond donors (Lipinski definition) is 1. The molecule has 0 radical (unpaired) electrons. The van der Waals surface area contributed by atoms with Crippen molar-refractivity contribution < 1.29 is 4.74 Å². The minimum Gasteiger partial charge on any atom is -0.437 e. The van der Waals surface area contributed by atoms with Crippen LogP contribution in [0, 0.1) is 0 Å². The third-order valence-corrected chi connectivity index (χ3v) is 3.46. The molecule has 0 saturated heterocycles. The summed E-state index contributed by atoms with van der Waals surface area (Å²) in [6, 6.07) is 9.13. The second-order valence-electron chi connectivity index (χ2n) is 4.76. The van der Waals surface area contributed by atoms with Crippen LogP contribution in [0.2, 0.25) is 10.0 Å². The Labute approximate surface area is 135 Å². The normalized spacial score (nSPS) is 10.7. The first kappa shape index (κ1) is 16.1. The average molecular weight is 325 g/mol. The zero-order valence-corrected chi connectivity index (χ0v) is 13.6. The van der Waals surface area contributed by atoms with Gasteiger partial charge < -0.3 is 10.1 Å². The molecule has 112 valence electrons. The second-order valence-corrected chi connectivity index (χ2v) is 5.61. The molecule has 0 aliphatic heterocycles. The van der Waals surface area contributed by atoms with E-state index in [2.05, 4.69) is 23.3 Å². The molecule has 0 saturated carbocycles. The van der Waals surface area contributed by atoms with Gasteiger partial charge in [-0.25, -0.2) is 4.98 Å². The number of nitrogens with one attached hydrogen (secondary N) is 1. The van der Waals surface area contributed by atoms with Crippen molar-refractivity contribution in [3.05, 3.63) is 51.6 Å². The highest BCUT2D eigenvalue weighted by Crippen LogP contribution is 2.31. The Morgan fingerprint density at radius 1 is 1.19 bits per heavy atom. The fourth-order valence-corrected chi connectivity index (χ4v) is 2.35. The third-order valence-electron chi connectivity index (χ3n) is 2.91. The zero-order valence-electron chi connectivity index (χ0n) is 12.1. The maximum Gasteiger partial charge on any atom is 0.219 e. The van der Waals surface area contributed by atoms with Gasteiger partial charge in [0.25, 0.3) is 0 Å². The van der Waals surface area contributed by atoms with Crippen molar-refractivity contribution >= 4 is 23.2 Å². The molecule has 0 fully saturated rings. The quantitative estimate of drug-likeness (QED) is 0.824. The van der Waals surface area contributed by atoms with Gasteiger partial charge in [0.2, 0.25) is 5.88 Å². The molecule has 1 aromatic heterocycles. The summed E-state index contributed by atoms with van der Waals surface area (Å²) in [6.07, 6.45) is 1.95. The van der Waals surface area contributed by atoms with Crippen molar-refractivity contribution in [3.8, 4) is 11.6 Å². The monoisotopic (exact) mass is 324 g/mol. The van der Waals surface area contributed by atoms with Crippen LogP contribution in [0.5, 0.6) is 11.6 Å². The van der Waals surface area contributed by atoms with Crippen LogP contribution in [0.4, 0.5) is 0 Å². The summed E-state index contributed by atoms with van der Waals surface area (Å²) < 4.78 is 5.81. The summed E-state index contributed by atoms with van der Waals surface area (Å²) in [7, 11) is 1.91. The van der Waals surface area contributed by atoms with Gasteiger partial charge in [-0.3, -0.25) is 0 Å². The fourth-order valence-electron chi connectivity index (χ4n) is 2.03. The van der Waals surface area contributed by atoms with E-state index in [0.717, 1.165) is 30.6 Å². The Balaban J connectivity index is 2.31. The van der Waals surface area contributed by atoms with E-state index < -0.39 is 0 Å². The number of aromatic nitrogens is 1. The Bertz CT molecular complexity index is 593. The zero-order chi connectivity index (χ0) is 15.2. The lowest BCUT2D eigenvalue weighted by atomic mass is 10.1. The lowest BCUT2D eigenvalue weighted by Crippen LogP contribution is -2.06. The lowest BCUT2D eigenvalue weighted by molar-refractivity contribution is 0.459. The summed E-state index contributed by atoms with van der Waals surface area (Å²) in [5, 5.41) is 4.22. The van der Waals surface area contributed by atoms with Crippen LogP contribution in [-0.2, 0) is 13.0 Å². The molecule has 2 aromatic rings. The topological polar surface area (TPSA) is 34.1 Å². The molecular weight excluding hydrogens is 307 g/mol. The maximum absolute atomic E-state index is 6.12. The Morgan fingerprint density at radius 2 is 2.00 bits per heavy atom. The van der Waals surface area contributed by atoms with Gasteiger partial charge in [-0.05, 0) is 37.2 Å². The summed E-state index contributed by atoms with van der Waals surface area (Å²) in [4.78, 5) is 4.52.